The molecule has 1 N–H and O–H groups in total. The van der Waals surface area contributed by atoms with E-state index >= 15 is 0 Å². The molecule has 2 aromatic rings. The highest BCUT2D eigenvalue weighted by atomic mass is 19.1. The van der Waals surface area contributed by atoms with Crippen LogP contribution in [-0.4, -0.2) is 18.7 Å². The van der Waals surface area contributed by atoms with Gasteiger partial charge in [0.15, 0.2) is 11.6 Å². The van der Waals surface area contributed by atoms with Gasteiger partial charge in [0.05, 0.1) is 7.11 Å². The summed E-state index contributed by atoms with van der Waals surface area (Å²) in [4.78, 5) is 0. The van der Waals surface area contributed by atoms with Crippen molar-refractivity contribution in [1.29, 1.82) is 0 Å². The fourth-order valence-corrected chi connectivity index (χ4v) is 1.92. The summed E-state index contributed by atoms with van der Waals surface area (Å²) in [7, 11) is 3.38. The SMILES string of the molecule is CNCc1ccn(Cc2ccc(OC)c(F)c2)c1. The summed E-state index contributed by atoms with van der Waals surface area (Å²) in [5.74, 6) is -0.0419. The van der Waals surface area contributed by atoms with Gasteiger partial charge in [0.2, 0.25) is 0 Å². The van der Waals surface area contributed by atoms with Crippen molar-refractivity contribution in [3.63, 3.8) is 0 Å². The molecular weight excluding hydrogens is 231 g/mol. The molecule has 0 aliphatic carbocycles. The predicted molar refractivity (Wildman–Crippen MR) is 69.2 cm³/mol. The first-order valence-electron chi connectivity index (χ1n) is 5.84. The van der Waals surface area contributed by atoms with Crippen molar-refractivity contribution < 1.29 is 9.13 Å². The topological polar surface area (TPSA) is 26.2 Å². The van der Waals surface area contributed by atoms with Crippen LogP contribution in [0.5, 0.6) is 5.75 Å². The molecule has 0 radical (unpaired) electrons. The Morgan fingerprint density at radius 3 is 2.78 bits per heavy atom. The monoisotopic (exact) mass is 248 g/mol. The van der Waals surface area contributed by atoms with Crippen LogP contribution in [0.15, 0.2) is 36.7 Å². The van der Waals surface area contributed by atoms with Crippen molar-refractivity contribution in [3.8, 4) is 5.75 Å². The van der Waals surface area contributed by atoms with Crippen molar-refractivity contribution in [2.24, 2.45) is 0 Å². The largest absolute Gasteiger partial charge is 0.494 e. The number of ether oxygens (including phenoxy) is 1. The normalized spacial score (nSPS) is 10.6. The van der Waals surface area contributed by atoms with Crippen LogP contribution >= 0.6 is 0 Å². The summed E-state index contributed by atoms with van der Waals surface area (Å²) >= 11 is 0. The lowest BCUT2D eigenvalue weighted by molar-refractivity contribution is 0.386. The van der Waals surface area contributed by atoms with Gasteiger partial charge in [-0.3, -0.25) is 0 Å². The van der Waals surface area contributed by atoms with Gasteiger partial charge in [0.1, 0.15) is 0 Å². The van der Waals surface area contributed by atoms with Crippen molar-refractivity contribution in [2.75, 3.05) is 14.2 Å². The summed E-state index contributed by atoms with van der Waals surface area (Å²) < 4.78 is 20.5. The minimum atomic E-state index is -0.322. The van der Waals surface area contributed by atoms with Crippen LogP contribution in [0, 0.1) is 5.82 Å². The van der Waals surface area contributed by atoms with Crippen LogP contribution in [-0.2, 0) is 13.1 Å². The minimum Gasteiger partial charge on any atom is -0.494 e. The molecule has 0 unspecified atom stereocenters. The Morgan fingerprint density at radius 1 is 1.28 bits per heavy atom. The first kappa shape index (κ1) is 12.6. The van der Waals surface area contributed by atoms with E-state index in [1.807, 2.05) is 23.9 Å². The van der Waals surface area contributed by atoms with E-state index in [2.05, 4.69) is 17.6 Å². The average Bonchev–Trinajstić information content (AvgIpc) is 2.77. The van der Waals surface area contributed by atoms with Gasteiger partial charge in [0, 0.05) is 25.5 Å². The van der Waals surface area contributed by atoms with Crippen molar-refractivity contribution >= 4 is 0 Å². The average molecular weight is 248 g/mol. The molecule has 0 spiro atoms. The van der Waals surface area contributed by atoms with Crippen molar-refractivity contribution in [3.05, 3.63) is 53.6 Å². The van der Waals surface area contributed by atoms with Gasteiger partial charge in [-0.2, -0.15) is 0 Å². The summed E-state index contributed by atoms with van der Waals surface area (Å²) in [5.41, 5.74) is 2.13. The Balaban J connectivity index is 2.10. The van der Waals surface area contributed by atoms with E-state index in [4.69, 9.17) is 4.74 Å². The molecule has 1 heterocycles. The van der Waals surface area contributed by atoms with Gasteiger partial charge in [0.25, 0.3) is 0 Å². The lowest BCUT2D eigenvalue weighted by Crippen LogP contribution is -2.04. The lowest BCUT2D eigenvalue weighted by Gasteiger charge is -2.06. The van der Waals surface area contributed by atoms with Crippen molar-refractivity contribution in [2.45, 2.75) is 13.1 Å². The van der Waals surface area contributed by atoms with Gasteiger partial charge < -0.3 is 14.6 Å². The molecule has 0 fully saturated rings. The number of halogens is 1. The number of hydrogen-bond acceptors (Lipinski definition) is 2. The summed E-state index contributed by atoms with van der Waals surface area (Å²) in [5, 5.41) is 3.10. The van der Waals surface area contributed by atoms with Gasteiger partial charge in [-0.05, 0) is 36.4 Å². The highest BCUT2D eigenvalue weighted by molar-refractivity contribution is 5.29. The van der Waals surface area contributed by atoms with Crippen LogP contribution in [0.3, 0.4) is 0 Å². The third-order valence-electron chi connectivity index (χ3n) is 2.77. The molecule has 3 nitrogen and oxygen atoms in total. The van der Waals surface area contributed by atoms with Crippen LogP contribution in [0.1, 0.15) is 11.1 Å². The number of benzene rings is 1. The number of methoxy groups -OCH3 is 1. The number of aromatic nitrogens is 1. The molecule has 2 rings (SSSR count). The predicted octanol–water partition coefficient (Wildman–Crippen LogP) is 2.40. The Morgan fingerprint density at radius 2 is 2.11 bits per heavy atom. The molecule has 0 aliphatic rings. The molecule has 0 saturated carbocycles. The van der Waals surface area contributed by atoms with Gasteiger partial charge in [-0.25, -0.2) is 4.39 Å². The van der Waals surface area contributed by atoms with Crippen LogP contribution in [0.25, 0.3) is 0 Å². The summed E-state index contributed by atoms with van der Waals surface area (Å²) in [6.07, 6.45) is 4.05. The second-order valence-electron chi connectivity index (χ2n) is 4.19. The molecule has 0 bridgehead atoms. The minimum absolute atomic E-state index is 0.280. The van der Waals surface area contributed by atoms with Gasteiger partial charge >= 0.3 is 0 Å². The molecule has 1 aromatic heterocycles. The fraction of sp³-hybridized carbons (Fsp3) is 0.286. The zero-order valence-corrected chi connectivity index (χ0v) is 10.6. The molecule has 0 atom stereocenters. The molecular formula is C14H17FN2O. The van der Waals surface area contributed by atoms with Gasteiger partial charge in [-0.15, -0.1) is 0 Å². The maximum atomic E-state index is 13.5. The van der Waals surface area contributed by atoms with E-state index < -0.39 is 0 Å². The zero-order valence-electron chi connectivity index (χ0n) is 10.6. The van der Waals surface area contributed by atoms with Crippen LogP contribution in [0.2, 0.25) is 0 Å². The molecule has 0 aliphatic heterocycles. The van der Waals surface area contributed by atoms with E-state index in [-0.39, 0.29) is 11.6 Å². The molecule has 0 saturated heterocycles. The Bertz CT molecular complexity index is 522. The fourth-order valence-electron chi connectivity index (χ4n) is 1.92. The summed E-state index contributed by atoms with van der Waals surface area (Å²) in [6.45, 7) is 1.49. The first-order chi connectivity index (χ1) is 8.72. The highest BCUT2D eigenvalue weighted by Crippen LogP contribution is 2.18. The van der Waals surface area contributed by atoms with Crippen LogP contribution < -0.4 is 10.1 Å². The highest BCUT2D eigenvalue weighted by Gasteiger charge is 2.04. The van der Waals surface area contributed by atoms with E-state index in [1.165, 1.54) is 18.7 Å². The quantitative estimate of drug-likeness (QED) is 0.879. The van der Waals surface area contributed by atoms with Crippen LogP contribution in [0.4, 0.5) is 4.39 Å². The van der Waals surface area contributed by atoms with E-state index in [9.17, 15) is 4.39 Å². The zero-order chi connectivity index (χ0) is 13.0. The molecule has 18 heavy (non-hydrogen) atoms. The van der Waals surface area contributed by atoms with Gasteiger partial charge in [-0.1, -0.05) is 6.07 Å². The third kappa shape index (κ3) is 2.90. The second-order valence-corrected chi connectivity index (χ2v) is 4.19. The molecule has 0 amide bonds. The standard InChI is InChI=1S/C14H17FN2O/c1-16-8-12-5-6-17(10-12)9-11-3-4-14(18-2)13(15)7-11/h3-7,10,16H,8-9H2,1-2H3. The maximum Gasteiger partial charge on any atom is 0.165 e. The molecule has 96 valence electrons. The Kier molecular flexibility index (Phi) is 3.99. The lowest BCUT2D eigenvalue weighted by atomic mass is 10.2. The molecule has 4 heteroatoms. The maximum absolute atomic E-state index is 13.5. The number of nitrogens with one attached hydrogen (secondary N) is 1. The number of hydrogen-bond donors (Lipinski definition) is 1. The molecule has 1 aromatic carbocycles. The Labute approximate surface area is 106 Å². The van der Waals surface area contributed by atoms with E-state index in [0.717, 1.165) is 12.1 Å². The number of nitrogens with zero attached hydrogens (tertiary/aromatic N) is 1. The van der Waals surface area contributed by atoms with E-state index in [1.54, 1.807) is 6.07 Å². The smallest absolute Gasteiger partial charge is 0.165 e. The van der Waals surface area contributed by atoms with E-state index in [0.29, 0.717) is 6.54 Å². The third-order valence-corrected chi connectivity index (χ3v) is 2.77. The first-order valence-corrected chi connectivity index (χ1v) is 5.84. The summed E-state index contributed by atoms with van der Waals surface area (Å²) in [6, 6.07) is 7.09. The Hall–Kier alpha value is -1.81. The number of rotatable bonds is 5. The van der Waals surface area contributed by atoms with Crippen molar-refractivity contribution in [1.82, 2.24) is 9.88 Å². The second kappa shape index (κ2) is 5.69.